The van der Waals surface area contributed by atoms with Crippen LogP contribution in [0.5, 0.6) is 0 Å². The van der Waals surface area contributed by atoms with E-state index in [9.17, 15) is 0 Å². The summed E-state index contributed by atoms with van der Waals surface area (Å²) in [6, 6.07) is 0. The second-order valence-corrected chi connectivity index (χ2v) is 3.01. The van der Waals surface area contributed by atoms with Gasteiger partial charge in [0.15, 0.2) is 0 Å². The predicted molar refractivity (Wildman–Crippen MR) is 39.0 cm³/mol. The van der Waals surface area contributed by atoms with Gasteiger partial charge in [-0.05, 0) is 0 Å². The SMILES string of the molecule is C1CN(CC2CO2)CCN1. The van der Waals surface area contributed by atoms with Crippen LogP contribution in [0.1, 0.15) is 0 Å². The molecule has 0 spiro atoms. The largest absolute Gasteiger partial charge is 0.372 e. The zero-order valence-electron chi connectivity index (χ0n) is 6.18. The predicted octanol–water partition coefficient (Wildman–Crippen LogP) is -0.710. The number of epoxide rings is 1. The lowest BCUT2D eigenvalue weighted by Gasteiger charge is -2.26. The summed E-state index contributed by atoms with van der Waals surface area (Å²) in [7, 11) is 0. The van der Waals surface area contributed by atoms with Gasteiger partial charge in [0.2, 0.25) is 0 Å². The van der Waals surface area contributed by atoms with Crippen molar-refractivity contribution < 1.29 is 4.74 Å². The molecule has 2 aliphatic heterocycles. The van der Waals surface area contributed by atoms with Crippen LogP contribution < -0.4 is 5.32 Å². The molecule has 0 aromatic rings. The van der Waals surface area contributed by atoms with E-state index in [0.29, 0.717) is 6.10 Å². The van der Waals surface area contributed by atoms with Crippen LogP contribution in [0.4, 0.5) is 0 Å². The Balaban J connectivity index is 1.69. The van der Waals surface area contributed by atoms with E-state index in [4.69, 9.17) is 4.74 Å². The van der Waals surface area contributed by atoms with Gasteiger partial charge in [-0.3, -0.25) is 4.90 Å². The van der Waals surface area contributed by atoms with Crippen molar-refractivity contribution in [2.75, 3.05) is 39.3 Å². The molecule has 0 aliphatic carbocycles. The van der Waals surface area contributed by atoms with E-state index in [1.54, 1.807) is 0 Å². The Morgan fingerprint density at radius 3 is 2.70 bits per heavy atom. The van der Waals surface area contributed by atoms with Crippen molar-refractivity contribution in [3.05, 3.63) is 0 Å². The lowest BCUT2D eigenvalue weighted by molar-refractivity contribution is 0.217. The molecule has 0 bridgehead atoms. The molecule has 2 saturated heterocycles. The van der Waals surface area contributed by atoms with E-state index < -0.39 is 0 Å². The molecule has 2 rings (SSSR count). The van der Waals surface area contributed by atoms with E-state index in [1.165, 1.54) is 13.1 Å². The molecule has 2 fully saturated rings. The number of hydrogen-bond donors (Lipinski definition) is 1. The number of piperazine rings is 1. The first-order valence-corrected chi connectivity index (χ1v) is 4.00. The minimum atomic E-state index is 0.568. The molecule has 2 aliphatic rings. The van der Waals surface area contributed by atoms with E-state index in [-0.39, 0.29) is 0 Å². The van der Waals surface area contributed by atoms with Gasteiger partial charge in [-0.2, -0.15) is 0 Å². The summed E-state index contributed by atoms with van der Waals surface area (Å²) in [6.45, 7) is 6.82. The highest BCUT2D eigenvalue weighted by Crippen LogP contribution is 2.10. The molecule has 0 aromatic heterocycles. The first-order valence-electron chi connectivity index (χ1n) is 4.00. The molecular weight excluding hydrogens is 128 g/mol. The van der Waals surface area contributed by atoms with Gasteiger partial charge in [-0.15, -0.1) is 0 Å². The summed E-state index contributed by atoms with van der Waals surface area (Å²) in [5.41, 5.74) is 0. The Labute approximate surface area is 61.3 Å². The summed E-state index contributed by atoms with van der Waals surface area (Å²) in [5, 5.41) is 3.33. The number of hydrogen-bond acceptors (Lipinski definition) is 3. The fraction of sp³-hybridized carbons (Fsp3) is 1.00. The minimum absolute atomic E-state index is 0.568. The summed E-state index contributed by atoms with van der Waals surface area (Å²) in [4.78, 5) is 2.47. The Hall–Kier alpha value is -0.120. The molecule has 0 amide bonds. The topological polar surface area (TPSA) is 27.8 Å². The molecule has 0 saturated carbocycles. The maximum Gasteiger partial charge on any atom is 0.0936 e. The van der Waals surface area contributed by atoms with Gasteiger partial charge in [0.05, 0.1) is 12.7 Å². The molecule has 3 heteroatoms. The average molecular weight is 142 g/mol. The first kappa shape index (κ1) is 6.58. The minimum Gasteiger partial charge on any atom is -0.372 e. The van der Waals surface area contributed by atoms with Crippen LogP contribution in [0.25, 0.3) is 0 Å². The van der Waals surface area contributed by atoms with Crippen molar-refractivity contribution in [3.8, 4) is 0 Å². The normalized spacial score (nSPS) is 34.2. The van der Waals surface area contributed by atoms with Gasteiger partial charge in [-0.1, -0.05) is 0 Å². The Morgan fingerprint density at radius 2 is 2.10 bits per heavy atom. The highest BCUT2D eigenvalue weighted by molar-refractivity contribution is 4.77. The monoisotopic (exact) mass is 142 g/mol. The Bertz CT molecular complexity index is 108. The number of nitrogens with zero attached hydrogens (tertiary/aromatic N) is 1. The molecule has 2 heterocycles. The molecule has 1 unspecified atom stereocenters. The van der Waals surface area contributed by atoms with Crippen LogP contribution in [-0.2, 0) is 4.74 Å². The van der Waals surface area contributed by atoms with E-state index >= 15 is 0 Å². The van der Waals surface area contributed by atoms with Crippen molar-refractivity contribution in [1.29, 1.82) is 0 Å². The average Bonchev–Trinajstić information content (AvgIpc) is 2.74. The first-order chi connectivity index (χ1) is 4.95. The molecule has 0 aromatic carbocycles. The smallest absolute Gasteiger partial charge is 0.0936 e. The molecule has 1 atom stereocenters. The summed E-state index contributed by atoms with van der Waals surface area (Å²) >= 11 is 0. The Kier molecular flexibility index (Phi) is 1.88. The van der Waals surface area contributed by atoms with Gasteiger partial charge in [0, 0.05) is 32.7 Å². The molecule has 1 N–H and O–H groups in total. The fourth-order valence-electron chi connectivity index (χ4n) is 1.36. The van der Waals surface area contributed by atoms with Crippen LogP contribution in [-0.4, -0.2) is 50.3 Å². The lowest BCUT2D eigenvalue weighted by Crippen LogP contribution is -2.44. The van der Waals surface area contributed by atoms with Crippen molar-refractivity contribution in [1.82, 2.24) is 10.2 Å². The van der Waals surface area contributed by atoms with Crippen molar-refractivity contribution in [2.45, 2.75) is 6.10 Å². The third-order valence-electron chi connectivity index (χ3n) is 2.07. The number of ether oxygens (including phenoxy) is 1. The molecule has 3 nitrogen and oxygen atoms in total. The second kappa shape index (κ2) is 2.86. The van der Waals surface area contributed by atoms with Crippen molar-refractivity contribution in [3.63, 3.8) is 0 Å². The number of nitrogens with one attached hydrogen (secondary N) is 1. The standard InChI is InChI=1S/C7H14N2O/c1-3-9(4-2-8-1)5-7-6-10-7/h7-8H,1-6H2. The fourth-order valence-corrected chi connectivity index (χ4v) is 1.36. The highest BCUT2D eigenvalue weighted by atomic mass is 16.6. The van der Waals surface area contributed by atoms with Crippen LogP contribution >= 0.6 is 0 Å². The van der Waals surface area contributed by atoms with Gasteiger partial charge >= 0.3 is 0 Å². The molecule has 0 radical (unpaired) electrons. The molecule has 10 heavy (non-hydrogen) atoms. The zero-order valence-corrected chi connectivity index (χ0v) is 6.18. The summed E-state index contributed by atoms with van der Waals surface area (Å²) in [6.07, 6.45) is 0.568. The quantitative estimate of drug-likeness (QED) is 0.516. The Morgan fingerprint density at radius 1 is 1.40 bits per heavy atom. The second-order valence-electron chi connectivity index (χ2n) is 3.01. The van der Waals surface area contributed by atoms with Gasteiger partial charge < -0.3 is 10.1 Å². The zero-order chi connectivity index (χ0) is 6.81. The third kappa shape index (κ3) is 1.68. The van der Waals surface area contributed by atoms with E-state index in [1.807, 2.05) is 0 Å². The van der Waals surface area contributed by atoms with Crippen LogP contribution in [0.2, 0.25) is 0 Å². The molecular formula is C7H14N2O. The van der Waals surface area contributed by atoms with Crippen LogP contribution in [0, 0.1) is 0 Å². The van der Waals surface area contributed by atoms with Crippen LogP contribution in [0.15, 0.2) is 0 Å². The maximum atomic E-state index is 5.15. The lowest BCUT2D eigenvalue weighted by atomic mass is 10.3. The summed E-state index contributed by atoms with van der Waals surface area (Å²) in [5.74, 6) is 0. The highest BCUT2D eigenvalue weighted by Gasteiger charge is 2.25. The van der Waals surface area contributed by atoms with E-state index in [0.717, 1.165) is 26.2 Å². The van der Waals surface area contributed by atoms with E-state index in [2.05, 4.69) is 10.2 Å². The molecule has 58 valence electrons. The summed E-state index contributed by atoms with van der Waals surface area (Å²) < 4.78 is 5.15. The van der Waals surface area contributed by atoms with Crippen molar-refractivity contribution in [2.24, 2.45) is 0 Å². The number of rotatable bonds is 2. The van der Waals surface area contributed by atoms with Crippen LogP contribution in [0.3, 0.4) is 0 Å². The van der Waals surface area contributed by atoms with Crippen molar-refractivity contribution >= 4 is 0 Å². The van der Waals surface area contributed by atoms with Gasteiger partial charge in [-0.25, -0.2) is 0 Å². The third-order valence-corrected chi connectivity index (χ3v) is 2.07. The van der Waals surface area contributed by atoms with Gasteiger partial charge in [0.25, 0.3) is 0 Å². The maximum absolute atomic E-state index is 5.15. The van der Waals surface area contributed by atoms with Gasteiger partial charge in [0.1, 0.15) is 0 Å².